The normalized spacial score (nSPS) is 36.4. The van der Waals surface area contributed by atoms with Crippen LogP contribution in [0.2, 0.25) is 0 Å². The van der Waals surface area contributed by atoms with E-state index in [4.69, 9.17) is 19.2 Å². The number of carbonyl (C=O) groups is 1. The lowest BCUT2D eigenvalue weighted by atomic mass is 9.83. The molecular formula is C13H24O5. The largest absolute Gasteiger partial charge is 0.469 e. The highest BCUT2D eigenvalue weighted by Crippen LogP contribution is 2.41. The SMILES string of the molecule is CCCC[C@@]1(C)C[C@H](C(=O)OC)[C@@](C)(OC)OO1. The van der Waals surface area contributed by atoms with Crippen LogP contribution in [0, 0.1) is 5.92 Å². The third kappa shape index (κ3) is 3.22. The van der Waals surface area contributed by atoms with Gasteiger partial charge in [-0.05, 0) is 26.7 Å². The van der Waals surface area contributed by atoms with Crippen LogP contribution in [0.3, 0.4) is 0 Å². The second kappa shape index (κ2) is 5.99. The molecule has 0 saturated carbocycles. The average molecular weight is 260 g/mol. The number of methoxy groups -OCH3 is 2. The van der Waals surface area contributed by atoms with Gasteiger partial charge in [0.25, 0.3) is 0 Å². The summed E-state index contributed by atoms with van der Waals surface area (Å²) in [6.45, 7) is 5.76. The van der Waals surface area contributed by atoms with Crippen molar-refractivity contribution in [2.75, 3.05) is 14.2 Å². The smallest absolute Gasteiger partial charge is 0.314 e. The Labute approximate surface area is 109 Å². The van der Waals surface area contributed by atoms with Crippen molar-refractivity contribution >= 4 is 5.97 Å². The summed E-state index contributed by atoms with van der Waals surface area (Å²) in [5, 5.41) is 0. The highest BCUT2D eigenvalue weighted by molar-refractivity contribution is 5.73. The van der Waals surface area contributed by atoms with Gasteiger partial charge in [0.15, 0.2) is 0 Å². The zero-order valence-corrected chi connectivity index (χ0v) is 11.9. The molecule has 0 N–H and O–H groups in total. The number of hydrogen-bond donors (Lipinski definition) is 0. The van der Waals surface area contributed by atoms with Gasteiger partial charge in [0.05, 0.1) is 7.11 Å². The molecule has 106 valence electrons. The molecule has 18 heavy (non-hydrogen) atoms. The van der Waals surface area contributed by atoms with Gasteiger partial charge >= 0.3 is 5.97 Å². The minimum absolute atomic E-state index is 0.328. The van der Waals surface area contributed by atoms with Crippen LogP contribution in [-0.4, -0.2) is 31.6 Å². The van der Waals surface area contributed by atoms with Gasteiger partial charge in [-0.1, -0.05) is 19.8 Å². The van der Waals surface area contributed by atoms with Crippen LogP contribution < -0.4 is 0 Å². The van der Waals surface area contributed by atoms with E-state index in [-0.39, 0.29) is 5.97 Å². The summed E-state index contributed by atoms with van der Waals surface area (Å²) in [7, 11) is 2.87. The maximum atomic E-state index is 11.9. The van der Waals surface area contributed by atoms with E-state index in [9.17, 15) is 4.79 Å². The Bertz CT molecular complexity index is 293. The van der Waals surface area contributed by atoms with Gasteiger partial charge in [-0.25, -0.2) is 4.89 Å². The predicted octanol–water partition coefficient (Wildman–Crippen LogP) is 2.44. The molecule has 1 aliphatic rings. The molecule has 0 aromatic rings. The zero-order chi connectivity index (χ0) is 13.8. The maximum absolute atomic E-state index is 11.9. The van der Waals surface area contributed by atoms with Crippen molar-refractivity contribution in [3.63, 3.8) is 0 Å². The molecule has 0 aliphatic carbocycles. The molecular weight excluding hydrogens is 236 g/mol. The van der Waals surface area contributed by atoms with E-state index >= 15 is 0 Å². The Morgan fingerprint density at radius 1 is 1.33 bits per heavy atom. The van der Waals surface area contributed by atoms with E-state index in [0.29, 0.717) is 6.42 Å². The van der Waals surface area contributed by atoms with Gasteiger partial charge in [-0.15, -0.1) is 0 Å². The Hall–Kier alpha value is -0.650. The molecule has 5 heteroatoms. The van der Waals surface area contributed by atoms with Crippen LogP contribution in [0.1, 0.15) is 46.5 Å². The molecule has 3 atom stereocenters. The summed E-state index contributed by atoms with van der Waals surface area (Å²) in [5.74, 6) is -1.90. The average Bonchev–Trinajstić information content (AvgIpc) is 2.39. The van der Waals surface area contributed by atoms with Gasteiger partial charge in [0, 0.05) is 7.11 Å². The summed E-state index contributed by atoms with van der Waals surface area (Å²) in [6.07, 6.45) is 3.47. The quantitative estimate of drug-likeness (QED) is 0.561. The first kappa shape index (κ1) is 15.4. The molecule has 0 bridgehead atoms. The Kier molecular flexibility index (Phi) is 5.13. The van der Waals surface area contributed by atoms with Crippen LogP contribution in [0.25, 0.3) is 0 Å². The number of esters is 1. The minimum atomic E-state index is -1.08. The highest BCUT2D eigenvalue weighted by Gasteiger charge is 2.52. The summed E-state index contributed by atoms with van der Waals surface area (Å²) in [6, 6.07) is 0. The van der Waals surface area contributed by atoms with Crippen LogP contribution in [0.15, 0.2) is 0 Å². The molecule has 1 rings (SSSR count). The summed E-state index contributed by atoms with van der Waals surface area (Å²) in [4.78, 5) is 22.7. The van der Waals surface area contributed by atoms with Crippen molar-refractivity contribution < 1.29 is 24.0 Å². The van der Waals surface area contributed by atoms with Crippen molar-refractivity contribution in [3.8, 4) is 0 Å². The van der Waals surface area contributed by atoms with Gasteiger partial charge in [-0.3, -0.25) is 4.79 Å². The number of hydrogen-bond acceptors (Lipinski definition) is 5. The molecule has 1 saturated heterocycles. The first-order valence-electron chi connectivity index (χ1n) is 6.40. The zero-order valence-electron chi connectivity index (χ0n) is 11.9. The van der Waals surface area contributed by atoms with Crippen molar-refractivity contribution in [1.29, 1.82) is 0 Å². The van der Waals surface area contributed by atoms with Crippen LogP contribution in [0.4, 0.5) is 0 Å². The minimum Gasteiger partial charge on any atom is -0.469 e. The fourth-order valence-electron chi connectivity index (χ4n) is 2.20. The van der Waals surface area contributed by atoms with Crippen LogP contribution >= 0.6 is 0 Å². The number of carbonyl (C=O) groups excluding carboxylic acids is 1. The molecule has 1 fully saturated rings. The molecule has 1 heterocycles. The fraction of sp³-hybridized carbons (Fsp3) is 0.923. The molecule has 5 nitrogen and oxygen atoms in total. The molecule has 0 unspecified atom stereocenters. The Balaban J connectivity index is 2.82. The Morgan fingerprint density at radius 3 is 2.50 bits per heavy atom. The maximum Gasteiger partial charge on any atom is 0.314 e. The summed E-state index contributed by atoms with van der Waals surface area (Å²) >= 11 is 0. The van der Waals surface area contributed by atoms with Crippen molar-refractivity contribution in [2.45, 2.75) is 57.8 Å². The first-order chi connectivity index (χ1) is 8.40. The van der Waals surface area contributed by atoms with Crippen molar-refractivity contribution in [3.05, 3.63) is 0 Å². The molecule has 1 aliphatic heterocycles. The highest BCUT2D eigenvalue weighted by atomic mass is 17.2. The van der Waals surface area contributed by atoms with Crippen molar-refractivity contribution in [1.82, 2.24) is 0 Å². The first-order valence-corrected chi connectivity index (χ1v) is 6.40. The molecule has 0 radical (unpaired) electrons. The topological polar surface area (TPSA) is 54.0 Å². The van der Waals surface area contributed by atoms with Gasteiger partial charge < -0.3 is 9.47 Å². The third-order valence-corrected chi connectivity index (χ3v) is 3.63. The van der Waals surface area contributed by atoms with E-state index in [0.717, 1.165) is 19.3 Å². The number of unbranched alkanes of at least 4 members (excludes halogenated alkanes) is 1. The van der Waals surface area contributed by atoms with E-state index in [2.05, 4.69) is 6.92 Å². The lowest BCUT2D eigenvalue weighted by Gasteiger charge is -2.44. The number of ether oxygens (including phenoxy) is 2. The second-order valence-electron chi connectivity index (χ2n) is 5.22. The van der Waals surface area contributed by atoms with E-state index in [1.807, 2.05) is 6.92 Å². The van der Waals surface area contributed by atoms with Gasteiger partial charge in [0.2, 0.25) is 5.79 Å². The lowest BCUT2D eigenvalue weighted by molar-refractivity contribution is -0.493. The van der Waals surface area contributed by atoms with Crippen LogP contribution in [0.5, 0.6) is 0 Å². The predicted molar refractivity (Wildman–Crippen MR) is 65.6 cm³/mol. The van der Waals surface area contributed by atoms with E-state index in [1.165, 1.54) is 14.2 Å². The number of rotatable bonds is 5. The van der Waals surface area contributed by atoms with Crippen LogP contribution in [-0.2, 0) is 24.0 Å². The standard InChI is InChI=1S/C13H24O5/c1-6-7-8-12(2)9-10(11(14)15-4)13(3,16-5)18-17-12/h10H,6-9H2,1-5H3/t10-,12+,13+/m1/s1. The van der Waals surface area contributed by atoms with E-state index < -0.39 is 17.3 Å². The molecule has 0 amide bonds. The van der Waals surface area contributed by atoms with Crippen molar-refractivity contribution in [2.24, 2.45) is 5.92 Å². The van der Waals surface area contributed by atoms with Gasteiger partial charge in [0.1, 0.15) is 11.5 Å². The monoisotopic (exact) mass is 260 g/mol. The fourth-order valence-corrected chi connectivity index (χ4v) is 2.20. The lowest BCUT2D eigenvalue weighted by Crippen LogP contribution is -2.54. The summed E-state index contributed by atoms with van der Waals surface area (Å²) in [5.41, 5.74) is -0.465. The molecule has 0 spiro atoms. The summed E-state index contributed by atoms with van der Waals surface area (Å²) < 4.78 is 10.1. The Morgan fingerprint density at radius 2 is 2.00 bits per heavy atom. The second-order valence-corrected chi connectivity index (χ2v) is 5.22. The van der Waals surface area contributed by atoms with Gasteiger partial charge in [-0.2, -0.15) is 4.89 Å². The molecule has 0 aromatic heterocycles. The van der Waals surface area contributed by atoms with E-state index in [1.54, 1.807) is 6.92 Å². The third-order valence-electron chi connectivity index (χ3n) is 3.63. The molecule has 0 aromatic carbocycles.